The standard InChI is InChI=1S/C23H23ClN6O2/c1-14-9-10-15(2)17(11-14)13-30-19-20(28(3)23(32)29(4)21(19)31)26-22(30)27-25-12-16-7-5-6-8-18(16)24/h5-12H,13H2,1-4H3,(H,26,27)/b25-12+. The van der Waals surface area contributed by atoms with Crippen LogP contribution in [0.3, 0.4) is 0 Å². The van der Waals surface area contributed by atoms with E-state index in [2.05, 4.69) is 21.6 Å². The maximum Gasteiger partial charge on any atom is 0.332 e. The second-order valence-electron chi connectivity index (χ2n) is 7.72. The molecule has 0 aliphatic rings. The minimum atomic E-state index is -0.440. The molecule has 2 aromatic heterocycles. The van der Waals surface area contributed by atoms with Gasteiger partial charge < -0.3 is 0 Å². The number of rotatable bonds is 5. The Morgan fingerprint density at radius 3 is 2.59 bits per heavy atom. The van der Waals surface area contributed by atoms with Gasteiger partial charge in [-0.1, -0.05) is 53.6 Å². The molecule has 32 heavy (non-hydrogen) atoms. The van der Waals surface area contributed by atoms with Gasteiger partial charge in [-0.3, -0.25) is 18.5 Å². The average molecular weight is 451 g/mol. The molecule has 0 aliphatic heterocycles. The lowest BCUT2D eigenvalue weighted by Crippen LogP contribution is -2.37. The van der Waals surface area contributed by atoms with Gasteiger partial charge in [0.15, 0.2) is 11.2 Å². The van der Waals surface area contributed by atoms with E-state index in [-0.39, 0.29) is 0 Å². The predicted molar refractivity (Wildman–Crippen MR) is 128 cm³/mol. The van der Waals surface area contributed by atoms with Crippen molar-refractivity contribution in [3.8, 4) is 0 Å². The Hall–Kier alpha value is -3.65. The Bertz CT molecular complexity index is 1480. The van der Waals surface area contributed by atoms with Crippen molar-refractivity contribution in [2.45, 2.75) is 20.4 Å². The fourth-order valence-electron chi connectivity index (χ4n) is 3.57. The van der Waals surface area contributed by atoms with Gasteiger partial charge in [-0.2, -0.15) is 10.1 Å². The number of halogens is 1. The Morgan fingerprint density at radius 2 is 1.84 bits per heavy atom. The second-order valence-corrected chi connectivity index (χ2v) is 8.13. The number of nitrogens with one attached hydrogen (secondary N) is 1. The lowest BCUT2D eigenvalue weighted by molar-refractivity contribution is 0.702. The van der Waals surface area contributed by atoms with E-state index in [4.69, 9.17) is 11.6 Å². The van der Waals surface area contributed by atoms with Crippen molar-refractivity contribution in [1.29, 1.82) is 0 Å². The fraction of sp³-hybridized carbons (Fsp3) is 0.217. The third kappa shape index (κ3) is 3.85. The van der Waals surface area contributed by atoms with Crippen molar-refractivity contribution in [2.24, 2.45) is 19.2 Å². The zero-order chi connectivity index (χ0) is 23.0. The van der Waals surface area contributed by atoms with E-state index in [9.17, 15) is 9.59 Å². The maximum atomic E-state index is 13.0. The van der Waals surface area contributed by atoms with Crippen molar-refractivity contribution in [3.63, 3.8) is 0 Å². The van der Waals surface area contributed by atoms with Gasteiger partial charge >= 0.3 is 5.69 Å². The first-order chi connectivity index (χ1) is 15.3. The molecule has 2 heterocycles. The number of aromatic nitrogens is 4. The number of fused-ring (bicyclic) bond motifs is 1. The molecule has 4 aromatic rings. The molecule has 0 saturated heterocycles. The first-order valence-corrected chi connectivity index (χ1v) is 10.4. The maximum absolute atomic E-state index is 13.0. The third-order valence-electron chi connectivity index (χ3n) is 5.45. The number of hydrogen-bond donors (Lipinski definition) is 1. The van der Waals surface area contributed by atoms with Gasteiger partial charge in [-0.15, -0.1) is 0 Å². The second kappa shape index (κ2) is 8.47. The molecule has 0 amide bonds. The van der Waals surface area contributed by atoms with Crippen molar-refractivity contribution in [2.75, 3.05) is 5.43 Å². The van der Waals surface area contributed by atoms with E-state index < -0.39 is 11.2 Å². The summed E-state index contributed by atoms with van der Waals surface area (Å²) in [7, 11) is 3.05. The first kappa shape index (κ1) is 21.6. The van der Waals surface area contributed by atoms with Crippen LogP contribution in [0.25, 0.3) is 11.2 Å². The van der Waals surface area contributed by atoms with Crippen LogP contribution < -0.4 is 16.7 Å². The Balaban J connectivity index is 1.87. The van der Waals surface area contributed by atoms with E-state index in [1.54, 1.807) is 23.9 Å². The van der Waals surface area contributed by atoms with Crippen LogP contribution >= 0.6 is 11.6 Å². The lowest BCUT2D eigenvalue weighted by Gasteiger charge is -2.12. The monoisotopic (exact) mass is 450 g/mol. The summed E-state index contributed by atoms with van der Waals surface area (Å²) < 4.78 is 4.20. The van der Waals surface area contributed by atoms with Gasteiger partial charge in [-0.25, -0.2) is 10.2 Å². The van der Waals surface area contributed by atoms with Crippen molar-refractivity contribution in [3.05, 3.63) is 90.6 Å². The number of nitrogens with zero attached hydrogens (tertiary/aromatic N) is 5. The highest BCUT2D eigenvalue weighted by Crippen LogP contribution is 2.20. The molecule has 0 spiro atoms. The van der Waals surface area contributed by atoms with Crippen molar-refractivity contribution < 1.29 is 0 Å². The summed E-state index contributed by atoms with van der Waals surface area (Å²) in [5, 5.41) is 4.84. The highest BCUT2D eigenvalue weighted by molar-refractivity contribution is 6.33. The molecule has 8 nitrogen and oxygen atoms in total. The summed E-state index contributed by atoms with van der Waals surface area (Å²) in [6.07, 6.45) is 1.58. The third-order valence-corrected chi connectivity index (χ3v) is 5.80. The number of anilines is 1. The van der Waals surface area contributed by atoms with Gasteiger partial charge in [0.25, 0.3) is 5.56 Å². The SMILES string of the molecule is Cc1ccc(C)c(Cn2c(N/N=C/c3ccccc3Cl)nc3c2c(=O)n(C)c(=O)n3C)c1. The highest BCUT2D eigenvalue weighted by atomic mass is 35.5. The molecular weight excluding hydrogens is 428 g/mol. The molecule has 0 fully saturated rings. The summed E-state index contributed by atoms with van der Waals surface area (Å²) in [4.78, 5) is 30.0. The zero-order valence-corrected chi connectivity index (χ0v) is 19.0. The molecule has 0 atom stereocenters. The largest absolute Gasteiger partial charge is 0.332 e. The summed E-state index contributed by atoms with van der Waals surface area (Å²) in [6, 6.07) is 13.5. The molecule has 9 heteroatoms. The van der Waals surface area contributed by atoms with Gasteiger partial charge in [0.1, 0.15) is 0 Å². The van der Waals surface area contributed by atoms with Gasteiger partial charge in [0.05, 0.1) is 12.8 Å². The summed E-state index contributed by atoms with van der Waals surface area (Å²) in [5.41, 5.74) is 6.67. The highest BCUT2D eigenvalue weighted by Gasteiger charge is 2.19. The Kier molecular flexibility index (Phi) is 5.71. The van der Waals surface area contributed by atoms with E-state index in [1.807, 2.05) is 44.2 Å². The van der Waals surface area contributed by atoms with E-state index in [0.29, 0.717) is 28.7 Å². The molecule has 2 aromatic carbocycles. The minimum absolute atomic E-state index is 0.291. The zero-order valence-electron chi connectivity index (χ0n) is 18.3. The van der Waals surface area contributed by atoms with Gasteiger partial charge in [0.2, 0.25) is 5.95 Å². The van der Waals surface area contributed by atoms with Crippen LogP contribution in [0, 0.1) is 13.8 Å². The number of benzene rings is 2. The number of hydrazone groups is 1. The Labute approximate surface area is 189 Å². The van der Waals surface area contributed by atoms with Gasteiger partial charge in [0, 0.05) is 24.7 Å². The van der Waals surface area contributed by atoms with E-state index in [0.717, 1.165) is 26.8 Å². The molecule has 164 valence electrons. The molecule has 4 rings (SSSR count). The van der Waals surface area contributed by atoms with Crippen LogP contribution in [0.1, 0.15) is 22.3 Å². The molecule has 0 saturated carbocycles. The summed E-state index contributed by atoms with van der Waals surface area (Å²) >= 11 is 6.20. The van der Waals surface area contributed by atoms with Gasteiger partial charge in [-0.05, 0) is 31.0 Å². The van der Waals surface area contributed by atoms with Crippen LogP contribution in [-0.4, -0.2) is 24.9 Å². The number of aryl methyl sites for hydroxylation is 3. The average Bonchev–Trinajstić information content (AvgIpc) is 3.13. The van der Waals surface area contributed by atoms with Crippen molar-refractivity contribution >= 4 is 34.9 Å². The van der Waals surface area contributed by atoms with Crippen LogP contribution in [0.15, 0.2) is 57.2 Å². The smallest absolute Gasteiger partial charge is 0.298 e. The lowest BCUT2D eigenvalue weighted by atomic mass is 10.1. The van der Waals surface area contributed by atoms with E-state index in [1.165, 1.54) is 11.6 Å². The molecule has 1 N–H and O–H groups in total. The van der Waals surface area contributed by atoms with Crippen LogP contribution in [0.5, 0.6) is 0 Å². The first-order valence-electron chi connectivity index (χ1n) is 10.0. The topological polar surface area (TPSA) is 86.2 Å². The summed E-state index contributed by atoms with van der Waals surface area (Å²) in [6.45, 7) is 4.43. The molecule has 0 bridgehead atoms. The molecule has 0 unspecified atom stereocenters. The van der Waals surface area contributed by atoms with Crippen LogP contribution in [0.4, 0.5) is 5.95 Å². The normalized spacial score (nSPS) is 11.5. The molecule has 0 aliphatic carbocycles. The minimum Gasteiger partial charge on any atom is -0.298 e. The van der Waals surface area contributed by atoms with Crippen LogP contribution in [0.2, 0.25) is 5.02 Å². The van der Waals surface area contributed by atoms with Crippen LogP contribution in [-0.2, 0) is 20.6 Å². The summed E-state index contributed by atoms with van der Waals surface area (Å²) in [5.74, 6) is 0.350. The number of imidazole rings is 1. The predicted octanol–water partition coefficient (Wildman–Crippen LogP) is 3.20. The quantitative estimate of drug-likeness (QED) is 0.373. The number of hydrogen-bond acceptors (Lipinski definition) is 5. The Morgan fingerprint density at radius 1 is 1.09 bits per heavy atom. The van der Waals surface area contributed by atoms with E-state index >= 15 is 0 Å². The molecule has 0 radical (unpaired) electrons. The van der Waals surface area contributed by atoms with Crippen molar-refractivity contribution in [1.82, 2.24) is 18.7 Å². The fourth-order valence-corrected chi connectivity index (χ4v) is 3.75. The molecular formula is C23H23ClN6O2.